The fraction of sp³-hybridized carbons (Fsp3) is 0.733. The van der Waals surface area contributed by atoms with Crippen LogP contribution in [0.1, 0.15) is 54.9 Å². The van der Waals surface area contributed by atoms with Gasteiger partial charge in [0.1, 0.15) is 5.73 Å². The average molecular weight is 266 g/mol. The smallest absolute Gasteiger partial charge is 0.398 e. The van der Waals surface area contributed by atoms with Gasteiger partial charge in [0.05, 0.1) is 11.2 Å². The highest BCUT2D eigenvalue weighted by atomic mass is 19.1. The fourth-order valence-electron chi connectivity index (χ4n) is 1.76. The lowest BCUT2D eigenvalue weighted by Gasteiger charge is -2.32. The predicted molar refractivity (Wildman–Crippen MR) is 77.1 cm³/mol. The van der Waals surface area contributed by atoms with Gasteiger partial charge in [-0.3, -0.25) is 0 Å². The molecule has 0 radical (unpaired) electrons. The predicted octanol–water partition coefficient (Wildman–Crippen LogP) is 3.91. The molecule has 2 nitrogen and oxygen atoms in total. The lowest BCUT2D eigenvalue weighted by atomic mass is 9.80. The van der Waals surface area contributed by atoms with Gasteiger partial charge in [0.25, 0.3) is 0 Å². The van der Waals surface area contributed by atoms with Crippen LogP contribution in [0.2, 0.25) is 0 Å². The third-order valence-corrected chi connectivity index (χ3v) is 3.73. The third kappa shape index (κ3) is 3.84. The van der Waals surface area contributed by atoms with Crippen molar-refractivity contribution >= 4 is 7.12 Å². The molecule has 1 aliphatic heterocycles. The summed E-state index contributed by atoms with van der Waals surface area (Å²) < 4.78 is 25.6. The fourth-order valence-corrected chi connectivity index (χ4v) is 1.76. The van der Waals surface area contributed by atoms with Gasteiger partial charge in [0.2, 0.25) is 0 Å². The summed E-state index contributed by atoms with van der Waals surface area (Å²) in [4.78, 5) is 0. The zero-order valence-corrected chi connectivity index (χ0v) is 13.1. The summed E-state index contributed by atoms with van der Waals surface area (Å²) in [6.07, 6.45) is 2.16. The maximum absolute atomic E-state index is 14.3. The Kier molecular flexibility index (Phi) is 4.54. The van der Waals surface area contributed by atoms with Gasteiger partial charge in [-0.25, -0.2) is 4.39 Å². The maximum atomic E-state index is 14.3. The van der Waals surface area contributed by atoms with E-state index in [1.165, 1.54) is 0 Å². The van der Waals surface area contributed by atoms with Crippen molar-refractivity contribution in [2.24, 2.45) is 5.41 Å². The molecular formula is C15H24BFO2. The molecule has 1 heterocycles. The van der Waals surface area contributed by atoms with Crippen molar-refractivity contribution in [2.75, 3.05) is 0 Å². The zero-order valence-electron chi connectivity index (χ0n) is 13.1. The Morgan fingerprint density at radius 1 is 1.21 bits per heavy atom. The van der Waals surface area contributed by atoms with Gasteiger partial charge in [0.15, 0.2) is 0 Å². The highest BCUT2D eigenvalue weighted by molar-refractivity contribution is 6.53. The molecule has 0 unspecified atom stereocenters. The van der Waals surface area contributed by atoms with Crippen molar-refractivity contribution in [3.63, 3.8) is 0 Å². The molecular weight excluding hydrogens is 242 g/mol. The van der Waals surface area contributed by atoms with E-state index in [-0.39, 0.29) is 11.1 Å². The maximum Gasteiger partial charge on any atom is 0.524 e. The van der Waals surface area contributed by atoms with Crippen LogP contribution in [0.4, 0.5) is 4.39 Å². The molecule has 0 aromatic carbocycles. The minimum Gasteiger partial charge on any atom is -0.398 e. The highest BCUT2D eigenvalue weighted by Crippen LogP contribution is 2.39. The van der Waals surface area contributed by atoms with Crippen LogP contribution in [0.25, 0.3) is 0 Å². The number of rotatable bonds is 3. The second-order valence-electron chi connectivity index (χ2n) is 6.71. The van der Waals surface area contributed by atoms with Crippen LogP contribution in [0, 0.1) is 17.3 Å². The lowest BCUT2D eigenvalue weighted by Crippen LogP contribution is -2.41. The number of hydrogen-bond donors (Lipinski definition) is 0. The van der Waals surface area contributed by atoms with E-state index in [9.17, 15) is 4.39 Å². The number of hydrogen-bond acceptors (Lipinski definition) is 2. The quantitative estimate of drug-likeness (QED) is 0.569. The van der Waals surface area contributed by atoms with Gasteiger partial charge in [-0.05, 0) is 46.1 Å². The van der Waals surface area contributed by atoms with Crippen LogP contribution in [-0.4, -0.2) is 18.3 Å². The van der Waals surface area contributed by atoms with E-state index >= 15 is 0 Å². The average Bonchev–Trinajstić information content (AvgIpc) is 2.45. The van der Waals surface area contributed by atoms with Crippen LogP contribution < -0.4 is 0 Å². The molecule has 0 aromatic heterocycles. The summed E-state index contributed by atoms with van der Waals surface area (Å²) >= 11 is 0. The molecule has 1 saturated heterocycles. The van der Waals surface area contributed by atoms with Crippen LogP contribution >= 0.6 is 0 Å². The SMILES string of the molecule is CC#CCC(C)(C)C=C(F)B1OC(C)(C)C(C)(C)O1. The minimum atomic E-state index is -0.918. The van der Waals surface area contributed by atoms with Crippen LogP contribution in [0.15, 0.2) is 11.8 Å². The van der Waals surface area contributed by atoms with E-state index in [1.807, 2.05) is 41.5 Å². The van der Waals surface area contributed by atoms with E-state index in [2.05, 4.69) is 11.8 Å². The minimum absolute atomic E-state index is 0.337. The van der Waals surface area contributed by atoms with Crippen molar-refractivity contribution in [3.8, 4) is 11.8 Å². The molecule has 0 N–H and O–H groups in total. The van der Waals surface area contributed by atoms with E-state index in [4.69, 9.17) is 9.31 Å². The monoisotopic (exact) mass is 266 g/mol. The molecule has 106 valence electrons. The number of allylic oxidation sites excluding steroid dienone is 1. The molecule has 1 aliphatic rings. The molecule has 0 bridgehead atoms. The van der Waals surface area contributed by atoms with Crippen molar-refractivity contribution in [3.05, 3.63) is 11.8 Å². The molecule has 0 atom stereocenters. The first-order chi connectivity index (χ1) is 8.51. The normalized spacial score (nSPS) is 22.1. The van der Waals surface area contributed by atoms with Crippen molar-refractivity contribution < 1.29 is 13.7 Å². The summed E-state index contributed by atoms with van der Waals surface area (Å²) in [5.41, 5.74) is -1.75. The summed E-state index contributed by atoms with van der Waals surface area (Å²) in [6.45, 7) is 13.3. The van der Waals surface area contributed by atoms with Gasteiger partial charge in [-0.15, -0.1) is 11.8 Å². The largest absolute Gasteiger partial charge is 0.524 e. The number of halogens is 1. The Balaban J connectivity index is 2.84. The van der Waals surface area contributed by atoms with E-state index in [1.54, 1.807) is 13.0 Å². The highest BCUT2D eigenvalue weighted by Gasteiger charge is 2.53. The Morgan fingerprint density at radius 2 is 1.68 bits per heavy atom. The second kappa shape index (κ2) is 5.30. The first-order valence-corrected chi connectivity index (χ1v) is 6.64. The van der Waals surface area contributed by atoms with Gasteiger partial charge in [-0.1, -0.05) is 13.8 Å². The first kappa shape index (κ1) is 16.3. The summed E-state index contributed by atoms with van der Waals surface area (Å²) in [5.74, 6) is 5.80. The molecule has 0 aliphatic carbocycles. The van der Waals surface area contributed by atoms with Gasteiger partial charge in [-0.2, -0.15) is 0 Å². The summed E-state index contributed by atoms with van der Waals surface area (Å²) in [7, 11) is -0.918. The molecule has 0 saturated carbocycles. The Hall–Kier alpha value is -0.785. The van der Waals surface area contributed by atoms with Crippen molar-refractivity contribution in [1.29, 1.82) is 0 Å². The second-order valence-corrected chi connectivity index (χ2v) is 6.71. The van der Waals surface area contributed by atoms with Crippen LogP contribution in [-0.2, 0) is 9.31 Å². The molecule has 0 amide bonds. The molecule has 1 fully saturated rings. The van der Waals surface area contributed by atoms with Gasteiger partial charge in [0, 0.05) is 6.42 Å². The van der Waals surface area contributed by atoms with Crippen molar-refractivity contribution in [2.45, 2.75) is 66.1 Å². The Labute approximate surface area is 116 Å². The molecule has 19 heavy (non-hydrogen) atoms. The Bertz CT molecular complexity index is 411. The molecule has 0 aromatic rings. The molecule has 4 heteroatoms. The standard InChI is InChI=1S/C15H24BFO2/c1-8-9-10-13(2,3)11-12(17)16-18-14(4,5)15(6,7)19-16/h11H,10H2,1-7H3. The molecule has 0 spiro atoms. The van der Waals surface area contributed by atoms with Crippen LogP contribution in [0.3, 0.4) is 0 Å². The third-order valence-electron chi connectivity index (χ3n) is 3.73. The Morgan fingerprint density at radius 3 is 2.11 bits per heavy atom. The van der Waals surface area contributed by atoms with E-state index in [0.29, 0.717) is 6.42 Å². The zero-order chi connectivity index (χ0) is 14.9. The van der Waals surface area contributed by atoms with Gasteiger partial charge < -0.3 is 9.31 Å². The summed E-state index contributed by atoms with van der Waals surface area (Å²) in [6, 6.07) is 0. The lowest BCUT2D eigenvalue weighted by molar-refractivity contribution is 0.00578. The van der Waals surface area contributed by atoms with Crippen LogP contribution in [0.5, 0.6) is 0 Å². The van der Waals surface area contributed by atoms with Crippen molar-refractivity contribution in [1.82, 2.24) is 0 Å². The first-order valence-electron chi connectivity index (χ1n) is 6.64. The van der Waals surface area contributed by atoms with Gasteiger partial charge >= 0.3 is 7.12 Å². The van der Waals surface area contributed by atoms with E-state index in [0.717, 1.165) is 0 Å². The van der Waals surface area contributed by atoms with E-state index < -0.39 is 18.3 Å². The topological polar surface area (TPSA) is 18.5 Å². The summed E-state index contributed by atoms with van der Waals surface area (Å²) in [5, 5.41) is 0. The molecule has 1 rings (SSSR count).